The zero-order chi connectivity index (χ0) is 23.4. The van der Waals surface area contributed by atoms with Crippen LogP contribution in [-0.4, -0.2) is 21.0 Å². The molecular weight excluding hydrogens is 440 g/mol. The molecule has 1 fully saturated rings. The van der Waals surface area contributed by atoms with Gasteiger partial charge < -0.3 is 4.74 Å². The predicted octanol–water partition coefficient (Wildman–Crippen LogP) is 5.72. The van der Waals surface area contributed by atoms with Gasteiger partial charge in [0.15, 0.2) is 0 Å². The highest BCUT2D eigenvalue weighted by molar-refractivity contribution is 8.18. The van der Waals surface area contributed by atoms with Gasteiger partial charge >= 0.3 is 0 Å². The molecule has 166 valence electrons. The fourth-order valence-electron chi connectivity index (χ4n) is 3.20. The molecule has 33 heavy (non-hydrogen) atoms. The molecule has 4 rings (SSSR count). The summed E-state index contributed by atoms with van der Waals surface area (Å²) in [6.07, 6.45) is 1.69. The fourth-order valence-corrected chi connectivity index (χ4v) is 4.04. The summed E-state index contributed by atoms with van der Waals surface area (Å²) in [4.78, 5) is 37.0. The topological polar surface area (TPSA) is 89.8 Å². The smallest absolute Gasteiger partial charge is 0.293 e. The van der Waals surface area contributed by atoms with E-state index in [4.69, 9.17) is 4.74 Å². The summed E-state index contributed by atoms with van der Waals surface area (Å²) in [5.74, 6) is 0.321. The Morgan fingerprint density at radius 2 is 1.58 bits per heavy atom. The number of nitrogens with zero attached hydrogens (tertiary/aromatic N) is 2. The average Bonchev–Trinajstić information content (AvgIpc) is 3.07. The summed E-state index contributed by atoms with van der Waals surface area (Å²) in [5, 5.41) is 10.4. The minimum absolute atomic E-state index is 0.0337. The van der Waals surface area contributed by atoms with Crippen LogP contribution in [-0.2, 0) is 17.9 Å². The van der Waals surface area contributed by atoms with Crippen molar-refractivity contribution >= 4 is 34.7 Å². The van der Waals surface area contributed by atoms with Crippen LogP contribution in [0.3, 0.4) is 0 Å². The zero-order valence-corrected chi connectivity index (χ0v) is 18.6. The lowest BCUT2D eigenvalue weighted by molar-refractivity contribution is -0.384. The van der Waals surface area contributed by atoms with E-state index >= 15 is 0 Å². The van der Waals surface area contributed by atoms with E-state index in [0.717, 1.165) is 34.0 Å². The first kappa shape index (κ1) is 22.3. The number of aryl methyl sites for hydroxylation is 1. The van der Waals surface area contributed by atoms with Gasteiger partial charge in [-0.2, -0.15) is 0 Å². The Morgan fingerprint density at radius 3 is 2.21 bits per heavy atom. The van der Waals surface area contributed by atoms with Crippen molar-refractivity contribution in [3.05, 3.63) is 110 Å². The van der Waals surface area contributed by atoms with Crippen molar-refractivity contribution < 1.29 is 19.2 Å². The second-order valence-electron chi connectivity index (χ2n) is 7.53. The summed E-state index contributed by atoms with van der Waals surface area (Å²) in [5.41, 5.74) is 3.64. The molecule has 0 aliphatic carbocycles. The molecule has 0 saturated carbocycles. The van der Waals surface area contributed by atoms with Crippen molar-refractivity contribution in [2.45, 2.75) is 20.1 Å². The molecule has 0 aromatic heterocycles. The summed E-state index contributed by atoms with van der Waals surface area (Å²) >= 11 is 0.933. The third-order valence-corrected chi connectivity index (χ3v) is 5.97. The van der Waals surface area contributed by atoms with Crippen molar-refractivity contribution in [1.29, 1.82) is 0 Å². The number of benzene rings is 3. The summed E-state index contributed by atoms with van der Waals surface area (Å²) in [7, 11) is 0. The molecule has 0 spiro atoms. The number of rotatable bonds is 7. The molecule has 0 N–H and O–H groups in total. The third kappa shape index (κ3) is 5.48. The second-order valence-corrected chi connectivity index (χ2v) is 8.53. The number of nitro benzene ring substituents is 1. The Hall–Kier alpha value is -3.91. The normalized spacial score (nSPS) is 14.7. The molecule has 7 nitrogen and oxygen atoms in total. The SMILES string of the molecule is Cc1ccc(CN2C(=O)S/C(=C\c3ccc(OCc4ccc([N+](=O)[O-])cc4)cc3)C2=O)cc1. The molecule has 0 atom stereocenters. The highest BCUT2D eigenvalue weighted by Crippen LogP contribution is 2.33. The van der Waals surface area contributed by atoms with Crippen LogP contribution in [0.5, 0.6) is 5.75 Å². The Bertz CT molecular complexity index is 1220. The van der Waals surface area contributed by atoms with Gasteiger partial charge in [-0.05, 0) is 65.7 Å². The molecule has 0 radical (unpaired) electrons. The predicted molar refractivity (Wildman–Crippen MR) is 127 cm³/mol. The van der Waals surface area contributed by atoms with Crippen molar-refractivity contribution in [1.82, 2.24) is 4.90 Å². The second kappa shape index (κ2) is 9.70. The number of ether oxygens (including phenoxy) is 1. The highest BCUT2D eigenvalue weighted by atomic mass is 32.2. The van der Waals surface area contributed by atoms with Crippen LogP contribution in [0.15, 0.2) is 77.7 Å². The Balaban J connectivity index is 1.37. The van der Waals surface area contributed by atoms with Crippen LogP contribution in [0.2, 0.25) is 0 Å². The minimum atomic E-state index is -0.444. The van der Waals surface area contributed by atoms with Crippen LogP contribution in [0, 0.1) is 17.0 Å². The lowest BCUT2D eigenvalue weighted by atomic mass is 10.1. The monoisotopic (exact) mass is 460 g/mol. The van der Waals surface area contributed by atoms with E-state index in [1.54, 1.807) is 42.5 Å². The fraction of sp³-hybridized carbons (Fsp3) is 0.120. The highest BCUT2D eigenvalue weighted by Gasteiger charge is 2.34. The molecule has 1 aliphatic rings. The number of hydrogen-bond acceptors (Lipinski definition) is 6. The first-order valence-corrected chi connectivity index (χ1v) is 11.0. The van der Waals surface area contributed by atoms with E-state index in [1.807, 2.05) is 31.2 Å². The molecule has 0 bridgehead atoms. The number of nitro groups is 1. The Labute approximate surface area is 194 Å². The van der Waals surface area contributed by atoms with E-state index in [1.165, 1.54) is 17.0 Å². The van der Waals surface area contributed by atoms with E-state index in [2.05, 4.69) is 0 Å². The molecule has 8 heteroatoms. The van der Waals surface area contributed by atoms with Crippen molar-refractivity contribution in [3.63, 3.8) is 0 Å². The molecule has 1 heterocycles. The van der Waals surface area contributed by atoms with Crippen LogP contribution in [0.25, 0.3) is 6.08 Å². The van der Waals surface area contributed by atoms with Crippen LogP contribution >= 0.6 is 11.8 Å². The molecule has 3 aromatic rings. The Kier molecular flexibility index (Phi) is 6.55. The van der Waals surface area contributed by atoms with Crippen molar-refractivity contribution in [3.8, 4) is 5.75 Å². The first-order valence-electron chi connectivity index (χ1n) is 10.2. The first-order chi connectivity index (χ1) is 15.9. The van der Waals surface area contributed by atoms with Gasteiger partial charge in [-0.25, -0.2) is 0 Å². The number of non-ortho nitro benzene ring substituents is 1. The van der Waals surface area contributed by atoms with Gasteiger partial charge in [-0.15, -0.1) is 0 Å². The lowest BCUT2D eigenvalue weighted by Gasteiger charge is -2.12. The van der Waals surface area contributed by atoms with Gasteiger partial charge in [0.1, 0.15) is 12.4 Å². The number of carbonyl (C=O) groups is 2. The quantitative estimate of drug-likeness (QED) is 0.255. The molecule has 0 unspecified atom stereocenters. The number of hydrogen-bond donors (Lipinski definition) is 0. The number of imide groups is 1. The van der Waals surface area contributed by atoms with Crippen LogP contribution in [0.1, 0.15) is 22.3 Å². The average molecular weight is 461 g/mol. The summed E-state index contributed by atoms with van der Waals surface area (Å²) in [6, 6.07) is 21.1. The molecule has 1 saturated heterocycles. The maximum Gasteiger partial charge on any atom is 0.293 e. The van der Waals surface area contributed by atoms with Gasteiger partial charge in [0.05, 0.1) is 16.4 Å². The number of thioether (sulfide) groups is 1. The molecular formula is C25H20N2O5S. The third-order valence-electron chi connectivity index (χ3n) is 5.07. The maximum atomic E-state index is 12.7. The maximum absolute atomic E-state index is 12.7. The van der Waals surface area contributed by atoms with E-state index in [0.29, 0.717) is 10.7 Å². The Morgan fingerprint density at radius 1 is 0.939 bits per heavy atom. The van der Waals surface area contributed by atoms with Crippen molar-refractivity contribution in [2.75, 3.05) is 0 Å². The van der Waals surface area contributed by atoms with Gasteiger partial charge in [0.2, 0.25) is 0 Å². The molecule has 2 amide bonds. The summed E-state index contributed by atoms with van der Waals surface area (Å²) < 4.78 is 5.72. The van der Waals surface area contributed by atoms with E-state index in [-0.39, 0.29) is 30.0 Å². The van der Waals surface area contributed by atoms with Crippen molar-refractivity contribution in [2.24, 2.45) is 0 Å². The summed E-state index contributed by atoms with van der Waals surface area (Å²) in [6.45, 7) is 2.51. The minimum Gasteiger partial charge on any atom is -0.489 e. The van der Waals surface area contributed by atoms with Crippen LogP contribution < -0.4 is 4.74 Å². The largest absolute Gasteiger partial charge is 0.489 e. The van der Waals surface area contributed by atoms with E-state index in [9.17, 15) is 19.7 Å². The van der Waals surface area contributed by atoms with Crippen LogP contribution in [0.4, 0.5) is 10.5 Å². The number of amides is 2. The lowest BCUT2D eigenvalue weighted by Crippen LogP contribution is -2.27. The molecule has 1 aliphatic heterocycles. The molecule has 3 aromatic carbocycles. The standard InChI is InChI=1S/C25H20N2O5S/c1-17-2-4-19(5-3-17)15-26-24(28)23(33-25(26)29)14-18-8-12-22(13-9-18)32-16-20-6-10-21(11-7-20)27(30)31/h2-14H,15-16H2,1H3/b23-14-. The van der Waals surface area contributed by atoms with Gasteiger partial charge in [-0.1, -0.05) is 42.0 Å². The van der Waals surface area contributed by atoms with Gasteiger partial charge in [0.25, 0.3) is 16.8 Å². The van der Waals surface area contributed by atoms with Gasteiger partial charge in [-0.3, -0.25) is 24.6 Å². The zero-order valence-electron chi connectivity index (χ0n) is 17.8. The number of carbonyl (C=O) groups excluding carboxylic acids is 2. The van der Waals surface area contributed by atoms with Gasteiger partial charge in [0, 0.05) is 12.1 Å². The van der Waals surface area contributed by atoms with E-state index < -0.39 is 4.92 Å².